The zero-order chi connectivity index (χ0) is 31.5. The molecule has 0 atom stereocenters. The lowest BCUT2D eigenvalue weighted by Crippen LogP contribution is -2.51. The zero-order valence-corrected chi connectivity index (χ0v) is 27.2. The van der Waals surface area contributed by atoms with E-state index in [0.29, 0.717) is 53.0 Å². The van der Waals surface area contributed by atoms with Crippen molar-refractivity contribution in [1.29, 1.82) is 0 Å². The maximum atomic E-state index is 13.9. The minimum Gasteiger partial charge on any atom is -0.494 e. The summed E-state index contributed by atoms with van der Waals surface area (Å²) >= 11 is 14.2. The van der Waals surface area contributed by atoms with E-state index in [1.165, 1.54) is 17.6 Å². The molecule has 3 aromatic carbocycles. The highest BCUT2D eigenvalue weighted by Crippen LogP contribution is 2.44. The van der Waals surface area contributed by atoms with Crippen LogP contribution < -0.4 is 10.5 Å². The van der Waals surface area contributed by atoms with E-state index in [2.05, 4.69) is 0 Å². The van der Waals surface area contributed by atoms with Crippen molar-refractivity contribution in [1.82, 2.24) is 4.90 Å². The number of ether oxygens (including phenoxy) is 1. The third-order valence-electron chi connectivity index (χ3n) is 7.91. The molecule has 5 rings (SSSR count). The number of hydrogen-bond donors (Lipinski definition) is 1. The van der Waals surface area contributed by atoms with Gasteiger partial charge in [-0.15, -0.1) is 11.3 Å². The average Bonchev–Trinajstić information content (AvgIpc) is 3.44. The number of nitrogens with two attached hydrogens (primary N) is 1. The second-order valence-electron chi connectivity index (χ2n) is 10.9. The lowest BCUT2D eigenvalue weighted by atomic mass is 9.72. The molecule has 0 saturated carbocycles. The van der Waals surface area contributed by atoms with Gasteiger partial charge in [-0.2, -0.15) is 0 Å². The van der Waals surface area contributed by atoms with Crippen molar-refractivity contribution in [3.8, 4) is 27.3 Å². The van der Waals surface area contributed by atoms with Crippen molar-refractivity contribution in [2.45, 2.75) is 24.7 Å². The second-order valence-corrected chi connectivity index (χ2v) is 15.1. The molecule has 11 heteroatoms. The monoisotopic (exact) mass is 670 g/mol. The molecule has 4 aromatic rings. The highest BCUT2D eigenvalue weighted by molar-refractivity contribution is 7.90. The van der Waals surface area contributed by atoms with Gasteiger partial charge < -0.3 is 15.4 Å². The van der Waals surface area contributed by atoms with Crippen LogP contribution in [0, 0.1) is 0 Å². The van der Waals surface area contributed by atoms with Gasteiger partial charge in [0.2, 0.25) is 5.91 Å². The van der Waals surface area contributed by atoms with Gasteiger partial charge in [-0.3, -0.25) is 9.59 Å². The first-order valence-corrected chi connectivity index (χ1v) is 17.7. The molecule has 0 aliphatic carbocycles. The third kappa shape index (κ3) is 7.12. The fourth-order valence-electron chi connectivity index (χ4n) is 5.51. The van der Waals surface area contributed by atoms with Gasteiger partial charge in [0.15, 0.2) is 0 Å². The van der Waals surface area contributed by atoms with Gasteiger partial charge in [-0.25, -0.2) is 8.42 Å². The summed E-state index contributed by atoms with van der Waals surface area (Å²) in [6.45, 7) is 1.07. The van der Waals surface area contributed by atoms with Crippen molar-refractivity contribution >= 4 is 56.2 Å². The van der Waals surface area contributed by atoms with Crippen LogP contribution >= 0.6 is 34.5 Å². The number of primary amides is 1. The minimum atomic E-state index is -3.04. The zero-order valence-electron chi connectivity index (χ0n) is 24.1. The first kappa shape index (κ1) is 32.0. The Bertz CT molecular complexity index is 1770. The van der Waals surface area contributed by atoms with Crippen molar-refractivity contribution in [2.75, 3.05) is 31.7 Å². The van der Waals surface area contributed by atoms with E-state index in [1.807, 2.05) is 66.7 Å². The summed E-state index contributed by atoms with van der Waals surface area (Å²) in [5.74, 6) is 0.181. The van der Waals surface area contributed by atoms with Crippen LogP contribution in [0.4, 0.5) is 0 Å². The molecule has 2 N–H and O–H groups in total. The van der Waals surface area contributed by atoms with Gasteiger partial charge in [0.05, 0.1) is 27.7 Å². The van der Waals surface area contributed by atoms with E-state index in [-0.39, 0.29) is 24.2 Å². The van der Waals surface area contributed by atoms with E-state index in [9.17, 15) is 18.0 Å². The maximum absolute atomic E-state index is 13.9. The number of likely N-dealkylation sites (tertiary alicyclic amines) is 1. The first-order valence-electron chi connectivity index (χ1n) is 14.1. The maximum Gasteiger partial charge on any atom is 0.263 e. The molecular weight excluding hydrogens is 639 g/mol. The topological polar surface area (TPSA) is 107 Å². The fourth-order valence-corrected chi connectivity index (χ4v) is 7.90. The Morgan fingerprint density at radius 1 is 0.955 bits per heavy atom. The van der Waals surface area contributed by atoms with Gasteiger partial charge in [0.25, 0.3) is 5.91 Å². The number of carbonyl (C=O) groups is 2. The lowest BCUT2D eigenvalue weighted by Gasteiger charge is -2.40. The van der Waals surface area contributed by atoms with Gasteiger partial charge in [-0.1, -0.05) is 71.7 Å². The molecule has 2 heterocycles. The Balaban J connectivity index is 1.40. The predicted molar refractivity (Wildman–Crippen MR) is 177 cm³/mol. The normalized spacial score (nSPS) is 14.8. The highest BCUT2D eigenvalue weighted by Gasteiger charge is 2.42. The number of amides is 2. The van der Waals surface area contributed by atoms with E-state index >= 15 is 0 Å². The van der Waals surface area contributed by atoms with Gasteiger partial charge in [0.1, 0.15) is 15.6 Å². The molecular formula is C33H32Cl2N2O5S2. The number of nitrogens with zero attached hydrogens (tertiary/aromatic N) is 1. The van der Waals surface area contributed by atoms with Crippen molar-refractivity contribution in [3.05, 3.63) is 99.3 Å². The van der Waals surface area contributed by atoms with Crippen molar-refractivity contribution in [2.24, 2.45) is 5.73 Å². The Hall–Kier alpha value is -3.37. The summed E-state index contributed by atoms with van der Waals surface area (Å²) in [6.07, 6.45) is 2.49. The van der Waals surface area contributed by atoms with E-state index in [1.54, 1.807) is 17.0 Å². The number of rotatable bonds is 10. The molecule has 1 saturated heterocycles. The smallest absolute Gasteiger partial charge is 0.263 e. The van der Waals surface area contributed by atoms with Gasteiger partial charge >= 0.3 is 0 Å². The number of halogens is 2. The third-order valence-corrected chi connectivity index (χ3v) is 10.6. The number of piperidine rings is 1. The second kappa shape index (κ2) is 13.3. The van der Waals surface area contributed by atoms with Crippen molar-refractivity contribution < 1.29 is 22.7 Å². The molecule has 0 bridgehead atoms. The largest absolute Gasteiger partial charge is 0.494 e. The molecule has 44 heavy (non-hydrogen) atoms. The van der Waals surface area contributed by atoms with Crippen LogP contribution in [0.3, 0.4) is 0 Å². The highest BCUT2D eigenvalue weighted by atomic mass is 35.5. The van der Waals surface area contributed by atoms with Crippen LogP contribution in [0.1, 0.15) is 34.5 Å². The van der Waals surface area contributed by atoms with Crippen LogP contribution in [-0.4, -0.2) is 56.8 Å². The summed E-state index contributed by atoms with van der Waals surface area (Å²) in [5, 5.41) is 0.979. The van der Waals surface area contributed by atoms with Crippen LogP contribution in [0.2, 0.25) is 10.0 Å². The molecule has 0 unspecified atom stereocenters. The van der Waals surface area contributed by atoms with Crippen LogP contribution in [0.5, 0.6) is 5.75 Å². The molecule has 7 nitrogen and oxygen atoms in total. The van der Waals surface area contributed by atoms with Gasteiger partial charge in [-0.05, 0) is 60.7 Å². The number of benzene rings is 3. The molecule has 0 spiro atoms. The Morgan fingerprint density at radius 3 is 2.25 bits per heavy atom. The van der Waals surface area contributed by atoms with Crippen LogP contribution in [0.25, 0.3) is 21.6 Å². The van der Waals surface area contributed by atoms with E-state index in [0.717, 1.165) is 27.1 Å². The summed E-state index contributed by atoms with van der Waals surface area (Å²) in [6, 6.07) is 24.1. The quantitative estimate of drug-likeness (QED) is 0.186. The lowest BCUT2D eigenvalue weighted by molar-refractivity contribution is -0.125. The molecule has 1 fully saturated rings. The molecule has 0 radical (unpaired) electrons. The number of thiophene rings is 1. The summed E-state index contributed by atoms with van der Waals surface area (Å²) in [5.41, 5.74) is 8.43. The summed E-state index contributed by atoms with van der Waals surface area (Å²) < 4.78 is 28.5. The molecule has 2 amide bonds. The number of carbonyl (C=O) groups excluding carboxylic acids is 2. The molecule has 230 valence electrons. The van der Waals surface area contributed by atoms with Crippen molar-refractivity contribution in [3.63, 3.8) is 0 Å². The van der Waals surface area contributed by atoms with Crippen LogP contribution in [-0.2, 0) is 20.0 Å². The standard InChI is InChI=1S/C33H32Cl2N2O5S2/c1-44(40,41)19-5-18-42-25-11-8-22(9-12-25)27-21-29(43-30(27)26-13-10-24(34)20-28(26)35)31(38)37-16-14-33(15-17-37,32(36)39)23-6-3-2-4-7-23/h2-4,6-13,20-21H,5,14-19H2,1H3,(H2,36,39). The van der Waals surface area contributed by atoms with Gasteiger partial charge in [0, 0.05) is 40.4 Å². The molecule has 1 aliphatic rings. The fraction of sp³-hybridized carbons (Fsp3) is 0.273. The minimum absolute atomic E-state index is 0.0643. The summed E-state index contributed by atoms with van der Waals surface area (Å²) in [7, 11) is -3.04. The van der Waals surface area contributed by atoms with E-state index in [4.69, 9.17) is 33.7 Å². The van der Waals surface area contributed by atoms with Crippen LogP contribution in [0.15, 0.2) is 78.9 Å². The number of hydrogen-bond acceptors (Lipinski definition) is 6. The first-order chi connectivity index (χ1) is 21.0. The predicted octanol–water partition coefficient (Wildman–Crippen LogP) is 6.86. The molecule has 1 aliphatic heterocycles. The molecule has 1 aromatic heterocycles. The van der Waals surface area contributed by atoms with E-state index < -0.39 is 15.3 Å². The SMILES string of the molecule is CS(=O)(=O)CCCOc1ccc(-c2cc(C(=O)N3CCC(C(N)=O)(c4ccccc4)CC3)sc2-c2ccc(Cl)cc2Cl)cc1. The summed E-state index contributed by atoms with van der Waals surface area (Å²) in [4.78, 5) is 29.7. The average molecular weight is 672 g/mol. The number of sulfone groups is 1. The Morgan fingerprint density at radius 2 is 1.64 bits per heavy atom. The Kier molecular flexibility index (Phi) is 9.70. The Labute approximate surface area is 271 Å².